The molecule has 0 saturated heterocycles. The van der Waals surface area contributed by atoms with Gasteiger partial charge in [0.25, 0.3) is 5.91 Å². The summed E-state index contributed by atoms with van der Waals surface area (Å²) in [4.78, 5) is 11.9. The van der Waals surface area contributed by atoms with E-state index in [4.69, 9.17) is 17.0 Å². The van der Waals surface area contributed by atoms with Crippen molar-refractivity contribution in [2.45, 2.75) is 27.2 Å². The number of nitrogens with one attached hydrogen (secondary N) is 2. The fraction of sp³-hybridized carbons (Fsp3) is 0.263. The van der Waals surface area contributed by atoms with Crippen LogP contribution in [0.3, 0.4) is 0 Å². The van der Waals surface area contributed by atoms with Crippen molar-refractivity contribution in [2.24, 2.45) is 0 Å². The zero-order valence-electron chi connectivity index (χ0n) is 14.2. The van der Waals surface area contributed by atoms with Gasteiger partial charge in [-0.1, -0.05) is 36.8 Å². The second-order valence-corrected chi connectivity index (χ2v) is 6.02. The number of carbonyl (C=O) groups is 1. The van der Waals surface area contributed by atoms with Crippen molar-refractivity contribution < 1.29 is 9.53 Å². The van der Waals surface area contributed by atoms with E-state index in [1.807, 2.05) is 50.2 Å². The van der Waals surface area contributed by atoms with E-state index in [0.717, 1.165) is 17.7 Å². The Labute approximate surface area is 148 Å². The Morgan fingerprint density at radius 2 is 1.83 bits per heavy atom. The molecule has 2 aromatic rings. The predicted molar refractivity (Wildman–Crippen MR) is 102 cm³/mol. The first-order chi connectivity index (χ1) is 11.5. The lowest BCUT2D eigenvalue weighted by atomic mass is 10.1. The molecule has 1 amide bonds. The molecule has 2 N–H and O–H groups in total. The van der Waals surface area contributed by atoms with Crippen molar-refractivity contribution in [3.63, 3.8) is 0 Å². The van der Waals surface area contributed by atoms with Crippen LogP contribution in [0.25, 0.3) is 0 Å². The van der Waals surface area contributed by atoms with Gasteiger partial charge in [0, 0.05) is 5.69 Å². The van der Waals surface area contributed by atoms with Crippen LogP contribution in [0.2, 0.25) is 0 Å². The smallest absolute Gasteiger partial charge is 0.264 e. The number of hydrogen-bond acceptors (Lipinski definition) is 3. The van der Waals surface area contributed by atoms with Crippen LogP contribution in [0, 0.1) is 13.8 Å². The number of benzene rings is 2. The number of amides is 1. The zero-order chi connectivity index (χ0) is 17.5. The molecule has 0 fully saturated rings. The Morgan fingerprint density at radius 3 is 2.46 bits per heavy atom. The van der Waals surface area contributed by atoms with Crippen molar-refractivity contribution in [3.05, 3.63) is 59.2 Å². The van der Waals surface area contributed by atoms with Crippen LogP contribution < -0.4 is 15.4 Å². The number of thiocarbonyl (C=S) groups is 1. The van der Waals surface area contributed by atoms with Gasteiger partial charge in [0.15, 0.2) is 11.7 Å². The van der Waals surface area contributed by atoms with E-state index in [1.165, 1.54) is 11.1 Å². The molecule has 2 aromatic carbocycles. The quantitative estimate of drug-likeness (QED) is 0.813. The third kappa shape index (κ3) is 5.35. The lowest BCUT2D eigenvalue weighted by molar-refractivity contribution is -0.121. The van der Waals surface area contributed by atoms with E-state index in [-0.39, 0.29) is 17.6 Å². The van der Waals surface area contributed by atoms with Crippen LogP contribution in [0.4, 0.5) is 5.69 Å². The molecule has 0 bridgehead atoms. The maximum absolute atomic E-state index is 11.9. The molecule has 4 nitrogen and oxygen atoms in total. The molecule has 2 rings (SSSR count). The van der Waals surface area contributed by atoms with E-state index < -0.39 is 0 Å². The number of aryl methyl sites for hydroxylation is 3. The first-order valence-corrected chi connectivity index (χ1v) is 8.28. The summed E-state index contributed by atoms with van der Waals surface area (Å²) in [6, 6.07) is 13.7. The molecule has 0 radical (unpaired) electrons. The average Bonchev–Trinajstić information content (AvgIpc) is 2.56. The van der Waals surface area contributed by atoms with Crippen molar-refractivity contribution in [1.82, 2.24) is 5.32 Å². The number of carbonyl (C=O) groups excluding carboxylic acids is 1. The summed E-state index contributed by atoms with van der Waals surface area (Å²) in [7, 11) is 0. The van der Waals surface area contributed by atoms with Crippen LogP contribution in [-0.4, -0.2) is 17.6 Å². The molecule has 0 aromatic heterocycles. The molecule has 0 heterocycles. The van der Waals surface area contributed by atoms with Gasteiger partial charge in [-0.05, 0) is 61.8 Å². The number of rotatable bonds is 5. The van der Waals surface area contributed by atoms with Crippen LogP contribution in [0.1, 0.15) is 23.6 Å². The molecule has 24 heavy (non-hydrogen) atoms. The van der Waals surface area contributed by atoms with Crippen molar-refractivity contribution in [3.8, 4) is 5.75 Å². The highest BCUT2D eigenvalue weighted by Crippen LogP contribution is 2.16. The van der Waals surface area contributed by atoms with Gasteiger partial charge in [0.05, 0.1) is 0 Å². The maximum Gasteiger partial charge on any atom is 0.264 e. The normalized spacial score (nSPS) is 10.1. The van der Waals surface area contributed by atoms with Gasteiger partial charge < -0.3 is 10.1 Å². The first kappa shape index (κ1) is 17.9. The van der Waals surface area contributed by atoms with E-state index in [0.29, 0.717) is 5.75 Å². The molecule has 0 aliphatic heterocycles. The minimum atomic E-state index is -0.295. The van der Waals surface area contributed by atoms with E-state index >= 15 is 0 Å². The van der Waals surface area contributed by atoms with Gasteiger partial charge >= 0.3 is 0 Å². The third-order valence-electron chi connectivity index (χ3n) is 3.58. The molecule has 0 aliphatic rings. The fourth-order valence-corrected chi connectivity index (χ4v) is 2.46. The summed E-state index contributed by atoms with van der Waals surface area (Å²) in [6.07, 6.45) is 0.971. The maximum atomic E-state index is 11.9. The Balaban J connectivity index is 1.81. The lowest BCUT2D eigenvalue weighted by Crippen LogP contribution is -2.37. The largest absolute Gasteiger partial charge is 0.484 e. The van der Waals surface area contributed by atoms with Crippen molar-refractivity contribution in [2.75, 3.05) is 11.9 Å². The molecule has 0 aliphatic carbocycles. The topological polar surface area (TPSA) is 50.4 Å². The van der Waals surface area contributed by atoms with Crippen LogP contribution in [0.15, 0.2) is 42.5 Å². The Morgan fingerprint density at radius 1 is 1.12 bits per heavy atom. The van der Waals surface area contributed by atoms with Crippen LogP contribution in [-0.2, 0) is 11.2 Å². The van der Waals surface area contributed by atoms with Crippen LogP contribution in [0.5, 0.6) is 5.75 Å². The van der Waals surface area contributed by atoms with Gasteiger partial charge in [-0.25, -0.2) is 0 Å². The summed E-state index contributed by atoms with van der Waals surface area (Å²) in [6.45, 7) is 6.03. The SMILES string of the molecule is CCc1ccc(OCC(=O)NC(=S)Nc2ccc(C)cc2C)cc1. The molecule has 0 atom stereocenters. The Hall–Kier alpha value is -2.40. The summed E-state index contributed by atoms with van der Waals surface area (Å²) in [5, 5.41) is 5.91. The predicted octanol–water partition coefficient (Wildman–Crippen LogP) is 3.76. The summed E-state index contributed by atoms with van der Waals surface area (Å²) < 4.78 is 5.46. The second-order valence-electron chi connectivity index (χ2n) is 5.61. The second kappa shape index (κ2) is 8.45. The first-order valence-electron chi connectivity index (χ1n) is 7.87. The van der Waals surface area contributed by atoms with Gasteiger partial charge in [0.2, 0.25) is 0 Å². The highest BCUT2D eigenvalue weighted by Gasteiger charge is 2.07. The molecule has 0 unspecified atom stereocenters. The number of hydrogen-bond donors (Lipinski definition) is 2. The lowest BCUT2D eigenvalue weighted by Gasteiger charge is -2.12. The highest BCUT2D eigenvalue weighted by molar-refractivity contribution is 7.80. The van der Waals surface area contributed by atoms with Crippen molar-refractivity contribution >= 4 is 28.9 Å². The van der Waals surface area contributed by atoms with Gasteiger partial charge in [0.1, 0.15) is 5.75 Å². The Bertz CT molecular complexity index is 727. The van der Waals surface area contributed by atoms with Gasteiger partial charge in [-0.3, -0.25) is 10.1 Å². The summed E-state index contributed by atoms with van der Waals surface area (Å²) >= 11 is 5.17. The van der Waals surface area contributed by atoms with Crippen LogP contribution >= 0.6 is 12.2 Å². The minimum absolute atomic E-state index is 0.0832. The fourth-order valence-electron chi connectivity index (χ4n) is 2.24. The molecular weight excluding hydrogens is 320 g/mol. The van der Waals surface area contributed by atoms with E-state index in [2.05, 4.69) is 23.6 Å². The van der Waals surface area contributed by atoms with Gasteiger partial charge in [-0.15, -0.1) is 0 Å². The standard InChI is InChI=1S/C19H22N2O2S/c1-4-15-6-8-16(9-7-15)23-12-18(22)21-19(24)20-17-10-5-13(2)11-14(17)3/h5-11H,4,12H2,1-3H3,(H2,20,21,22,24). The van der Waals surface area contributed by atoms with E-state index in [1.54, 1.807) is 0 Å². The Kier molecular flexibility index (Phi) is 6.32. The molecule has 0 spiro atoms. The highest BCUT2D eigenvalue weighted by atomic mass is 32.1. The average molecular weight is 342 g/mol. The zero-order valence-corrected chi connectivity index (χ0v) is 15.0. The van der Waals surface area contributed by atoms with E-state index in [9.17, 15) is 4.79 Å². The molecule has 126 valence electrons. The summed E-state index contributed by atoms with van der Waals surface area (Å²) in [5.41, 5.74) is 4.35. The molecular formula is C19H22N2O2S. The minimum Gasteiger partial charge on any atom is -0.484 e. The number of ether oxygens (including phenoxy) is 1. The van der Waals surface area contributed by atoms with Gasteiger partial charge in [-0.2, -0.15) is 0 Å². The third-order valence-corrected chi connectivity index (χ3v) is 3.79. The molecule has 0 saturated carbocycles. The summed E-state index contributed by atoms with van der Waals surface area (Å²) in [5.74, 6) is 0.368. The monoisotopic (exact) mass is 342 g/mol. The molecule has 5 heteroatoms. The van der Waals surface area contributed by atoms with Crippen molar-refractivity contribution in [1.29, 1.82) is 0 Å². The number of anilines is 1.